The SMILES string of the molecule is O=C(O)[C@@H](Cc1ccccc1)N(Cl)Cl. The molecule has 1 aromatic carbocycles. The first-order valence-corrected chi connectivity index (χ1v) is 4.66. The molecule has 1 aromatic rings. The van der Waals surface area contributed by atoms with E-state index in [0.717, 1.165) is 5.56 Å². The van der Waals surface area contributed by atoms with Gasteiger partial charge in [0.05, 0.1) is 0 Å². The van der Waals surface area contributed by atoms with Crippen molar-refractivity contribution in [2.75, 3.05) is 0 Å². The van der Waals surface area contributed by atoms with Gasteiger partial charge in [-0.05, 0) is 29.1 Å². The van der Waals surface area contributed by atoms with E-state index in [0.29, 0.717) is 3.94 Å². The van der Waals surface area contributed by atoms with E-state index in [4.69, 9.17) is 28.7 Å². The third-order valence-corrected chi connectivity index (χ3v) is 2.26. The number of hydrogen-bond acceptors (Lipinski definition) is 2. The Bertz CT molecular complexity index is 303. The number of aliphatic carboxylic acids is 1. The second-order valence-corrected chi connectivity index (χ2v) is 3.70. The summed E-state index contributed by atoms with van der Waals surface area (Å²) in [6.07, 6.45) is 0.281. The number of carbonyl (C=O) groups is 1. The van der Waals surface area contributed by atoms with Gasteiger partial charge in [0.1, 0.15) is 6.04 Å². The minimum Gasteiger partial charge on any atom is -0.480 e. The zero-order chi connectivity index (χ0) is 10.6. The highest BCUT2D eigenvalue weighted by Gasteiger charge is 2.23. The Morgan fingerprint density at radius 3 is 2.36 bits per heavy atom. The van der Waals surface area contributed by atoms with E-state index in [1.165, 1.54) is 0 Å². The van der Waals surface area contributed by atoms with E-state index in [1.807, 2.05) is 30.3 Å². The Hall–Kier alpha value is -0.770. The van der Waals surface area contributed by atoms with E-state index >= 15 is 0 Å². The zero-order valence-corrected chi connectivity index (χ0v) is 8.74. The highest BCUT2D eigenvalue weighted by Crippen LogP contribution is 2.13. The van der Waals surface area contributed by atoms with Gasteiger partial charge in [-0.1, -0.05) is 30.3 Å². The summed E-state index contributed by atoms with van der Waals surface area (Å²) in [7, 11) is 0. The van der Waals surface area contributed by atoms with Crippen LogP contribution in [0.2, 0.25) is 0 Å². The highest BCUT2D eigenvalue weighted by molar-refractivity contribution is 6.34. The molecule has 0 heterocycles. The second-order valence-electron chi connectivity index (χ2n) is 2.80. The van der Waals surface area contributed by atoms with Gasteiger partial charge >= 0.3 is 5.97 Å². The fourth-order valence-electron chi connectivity index (χ4n) is 1.08. The Morgan fingerprint density at radius 2 is 1.93 bits per heavy atom. The van der Waals surface area contributed by atoms with Gasteiger partial charge in [0, 0.05) is 6.42 Å². The minimum absolute atomic E-state index is 0.281. The monoisotopic (exact) mass is 233 g/mol. The molecule has 0 spiro atoms. The van der Waals surface area contributed by atoms with Crippen LogP contribution in [-0.2, 0) is 11.2 Å². The Morgan fingerprint density at radius 1 is 1.36 bits per heavy atom. The van der Waals surface area contributed by atoms with Gasteiger partial charge < -0.3 is 5.11 Å². The van der Waals surface area contributed by atoms with Crippen LogP contribution >= 0.6 is 23.6 Å². The van der Waals surface area contributed by atoms with Crippen LogP contribution in [0.25, 0.3) is 0 Å². The first kappa shape index (κ1) is 11.3. The van der Waals surface area contributed by atoms with E-state index in [-0.39, 0.29) is 6.42 Å². The summed E-state index contributed by atoms with van der Waals surface area (Å²) in [5.41, 5.74) is 0.881. The van der Waals surface area contributed by atoms with E-state index < -0.39 is 12.0 Å². The molecule has 0 aromatic heterocycles. The number of carboxylic acid groups (broad SMARTS) is 1. The predicted octanol–water partition coefficient (Wildman–Crippen LogP) is 2.29. The van der Waals surface area contributed by atoms with Gasteiger partial charge in [0.15, 0.2) is 0 Å². The quantitative estimate of drug-likeness (QED) is 0.812. The molecule has 0 bridgehead atoms. The van der Waals surface area contributed by atoms with Crippen LogP contribution in [0.3, 0.4) is 0 Å². The van der Waals surface area contributed by atoms with Crippen molar-refractivity contribution in [3.63, 3.8) is 0 Å². The van der Waals surface area contributed by atoms with Crippen LogP contribution < -0.4 is 0 Å². The predicted molar refractivity (Wildman–Crippen MR) is 55.1 cm³/mol. The molecule has 0 radical (unpaired) electrons. The average Bonchev–Trinajstić information content (AvgIpc) is 2.15. The van der Waals surface area contributed by atoms with Crippen molar-refractivity contribution in [3.05, 3.63) is 35.9 Å². The third-order valence-electron chi connectivity index (χ3n) is 1.79. The lowest BCUT2D eigenvalue weighted by molar-refractivity contribution is -0.140. The molecule has 0 amide bonds. The maximum Gasteiger partial charge on any atom is 0.324 e. The van der Waals surface area contributed by atoms with Crippen LogP contribution in [0.5, 0.6) is 0 Å². The molecule has 0 aliphatic carbocycles. The van der Waals surface area contributed by atoms with Crippen molar-refractivity contribution >= 4 is 29.5 Å². The molecule has 0 saturated heterocycles. The fourth-order valence-corrected chi connectivity index (χ4v) is 1.38. The summed E-state index contributed by atoms with van der Waals surface area (Å²) in [6, 6.07) is 8.27. The van der Waals surface area contributed by atoms with E-state index in [2.05, 4.69) is 0 Å². The molecule has 5 heteroatoms. The molecule has 14 heavy (non-hydrogen) atoms. The van der Waals surface area contributed by atoms with Gasteiger partial charge in [0.2, 0.25) is 0 Å². The number of carboxylic acids is 1. The van der Waals surface area contributed by atoms with E-state index in [9.17, 15) is 4.79 Å². The molecule has 0 fully saturated rings. The summed E-state index contributed by atoms with van der Waals surface area (Å²) >= 11 is 10.8. The van der Waals surface area contributed by atoms with Gasteiger partial charge in [-0.15, -0.1) is 3.94 Å². The van der Waals surface area contributed by atoms with Crippen LogP contribution in [0.4, 0.5) is 0 Å². The number of halogens is 2. The summed E-state index contributed by atoms with van der Waals surface area (Å²) in [4.78, 5) is 10.7. The molecule has 0 aliphatic rings. The van der Waals surface area contributed by atoms with Gasteiger partial charge in [-0.3, -0.25) is 4.79 Å². The molecular formula is C9H9Cl2NO2. The van der Waals surface area contributed by atoms with Crippen LogP contribution in [-0.4, -0.2) is 21.1 Å². The zero-order valence-electron chi connectivity index (χ0n) is 7.23. The molecule has 0 saturated carbocycles. The lowest BCUT2D eigenvalue weighted by atomic mass is 10.1. The molecule has 1 atom stereocenters. The first-order chi connectivity index (χ1) is 6.61. The van der Waals surface area contributed by atoms with Gasteiger partial charge in [0.25, 0.3) is 0 Å². The molecular weight excluding hydrogens is 225 g/mol. The first-order valence-electron chi connectivity index (χ1n) is 3.99. The second kappa shape index (κ2) is 5.20. The molecule has 0 unspecified atom stereocenters. The number of hydrogen-bond donors (Lipinski definition) is 1. The standard InChI is InChI=1S/C9H9Cl2NO2/c10-12(11)8(9(13)14)6-7-4-2-1-3-5-7/h1-5,8H,6H2,(H,13,14)/t8-/m1/s1. The van der Waals surface area contributed by atoms with E-state index in [1.54, 1.807) is 0 Å². The maximum absolute atomic E-state index is 10.7. The molecule has 76 valence electrons. The van der Waals surface area contributed by atoms with Crippen molar-refractivity contribution in [2.45, 2.75) is 12.5 Å². The number of rotatable bonds is 4. The normalized spacial score (nSPS) is 12.8. The third kappa shape index (κ3) is 3.18. The highest BCUT2D eigenvalue weighted by atomic mass is 35.5. The van der Waals surface area contributed by atoms with Crippen molar-refractivity contribution in [2.24, 2.45) is 0 Å². The van der Waals surface area contributed by atoms with Crippen molar-refractivity contribution in [1.82, 2.24) is 3.94 Å². The molecule has 1 N–H and O–H groups in total. The summed E-state index contributed by atoms with van der Waals surface area (Å²) < 4.78 is 0.662. The molecule has 1 rings (SSSR count). The Kier molecular flexibility index (Phi) is 4.20. The fraction of sp³-hybridized carbons (Fsp3) is 0.222. The van der Waals surface area contributed by atoms with Gasteiger partial charge in [-0.2, -0.15) is 0 Å². The largest absolute Gasteiger partial charge is 0.480 e. The Balaban J connectivity index is 2.70. The Labute approximate surface area is 92.1 Å². The summed E-state index contributed by atoms with van der Waals surface area (Å²) in [6.45, 7) is 0. The van der Waals surface area contributed by atoms with Gasteiger partial charge in [-0.25, -0.2) is 0 Å². The minimum atomic E-state index is -1.04. The molecule has 3 nitrogen and oxygen atoms in total. The van der Waals surface area contributed by atoms with Crippen LogP contribution in [0.1, 0.15) is 5.56 Å². The van der Waals surface area contributed by atoms with Crippen molar-refractivity contribution < 1.29 is 9.90 Å². The maximum atomic E-state index is 10.7. The number of benzene rings is 1. The van der Waals surface area contributed by atoms with Crippen molar-refractivity contribution in [3.8, 4) is 0 Å². The lowest BCUT2D eigenvalue weighted by Gasteiger charge is -2.14. The lowest BCUT2D eigenvalue weighted by Crippen LogP contribution is -2.31. The topological polar surface area (TPSA) is 40.5 Å². The van der Waals surface area contributed by atoms with Crippen molar-refractivity contribution in [1.29, 1.82) is 0 Å². The summed E-state index contributed by atoms with van der Waals surface area (Å²) in [5.74, 6) is -1.04. The van der Waals surface area contributed by atoms with Crippen LogP contribution in [0.15, 0.2) is 30.3 Å². The smallest absolute Gasteiger partial charge is 0.324 e. The van der Waals surface area contributed by atoms with Crippen LogP contribution in [0, 0.1) is 0 Å². The average molecular weight is 234 g/mol. The summed E-state index contributed by atoms with van der Waals surface area (Å²) in [5, 5.41) is 8.79. The molecule has 0 aliphatic heterocycles. The number of nitrogens with zero attached hydrogens (tertiary/aromatic N) is 1.